The third-order valence-electron chi connectivity index (χ3n) is 5.70. The summed E-state index contributed by atoms with van der Waals surface area (Å²) >= 11 is 0. The second kappa shape index (κ2) is 7.76. The highest BCUT2D eigenvalue weighted by Crippen LogP contribution is 2.35. The molecule has 1 aliphatic heterocycles. The highest BCUT2D eigenvalue weighted by atomic mass is 16.3. The summed E-state index contributed by atoms with van der Waals surface area (Å²) in [5, 5.41) is 20.2. The topological polar surface area (TPSA) is 78.6 Å². The van der Waals surface area contributed by atoms with Crippen LogP contribution in [0.4, 0.5) is 0 Å². The normalized spacial score (nSPS) is 23.5. The van der Waals surface area contributed by atoms with Crippen LogP contribution >= 0.6 is 0 Å². The SMILES string of the molecule is CCC[C@@]1(CO)CN(C(=O)CCn2c(C)nc3ccccc32)CC[C@H]1O. The quantitative estimate of drug-likeness (QED) is 0.828. The fourth-order valence-corrected chi connectivity index (χ4v) is 4.18. The minimum atomic E-state index is -0.583. The number of likely N-dealkylation sites (tertiary alicyclic amines) is 1. The van der Waals surface area contributed by atoms with Gasteiger partial charge in [-0.15, -0.1) is 0 Å². The van der Waals surface area contributed by atoms with E-state index < -0.39 is 11.5 Å². The van der Waals surface area contributed by atoms with Crippen LogP contribution in [-0.2, 0) is 11.3 Å². The molecule has 0 radical (unpaired) electrons. The Bertz CT molecular complexity index is 773. The first-order valence-electron chi connectivity index (χ1n) is 9.49. The third kappa shape index (κ3) is 3.48. The Morgan fingerprint density at radius 2 is 2.15 bits per heavy atom. The summed E-state index contributed by atoms with van der Waals surface area (Å²) in [6, 6.07) is 7.95. The average Bonchev–Trinajstić information content (AvgIpc) is 2.97. The molecule has 26 heavy (non-hydrogen) atoms. The lowest BCUT2D eigenvalue weighted by Gasteiger charge is -2.45. The number of carbonyl (C=O) groups is 1. The van der Waals surface area contributed by atoms with E-state index in [1.165, 1.54) is 0 Å². The highest BCUT2D eigenvalue weighted by Gasteiger charge is 2.42. The lowest BCUT2D eigenvalue weighted by atomic mass is 9.74. The zero-order valence-electron chi connectivity index (χ0n) is 15.7. The largest absolute Gasteiger partial charge is 0.396 e. The van der Waals surface area contributed by atoms with Crippen molar-refractivity contribution >= 4 is 16.9 Å². The molecule has 1 fully saturated rings. The summed E-state index contributed by atoms with van der Waals surface area (Å²) in [6.45, 7) is 5.48. The number of aliphatic hydroxyl groups is 2. The molecule has 0 spiro atoms. The molecule has 2 aromatic rings. The van der Waals surface area contributed by atoms with Gasteiger partial charge in [-0.25, -0.2) is 4.98 Å². The summed E-state index contributed by atoms with van der Waals surface area (Å²) in [6.07, 6.45) is 1.97. The summed E-state index contributed by atoms with van der Waals surface area (Å²) in [4.78, 5) is 19.1. The van der Waals surface area contributed by atoms with Gasteiger partial charge in [-0.1, -0.05) is 25.5 Å². The van der Waals surface area contributed by atoms with Crippen molar-refractivity contribution in [2.24, 2.45) is 5.41 Å². The van der Waals surface area contributed by atoms with Crippen LogP contribution in [-0.4, -0.2) is 56.4 Å². The van der Waals surface area contributed by atoms with E-state index in [0.29, 0.717) is 32.5 Å². The number of nitrogens with zero attached hydrogens (tertiary/aromatic N) is 3. The van der Waals surface area contributed by atoms with Gasteiger partial charge in [0.1, 0.15) is 5.82 Å². The van der Waals surface area contributed by atoms with E-state index >= 15 is 0 Å². The van der Waals surface area contributed by atoms with Crippen molar-refractivity contribution in [3.8, 4) is 0 Å². The number of imidazole rings is 1. The van der Waals surface area contributed by atoms with Crippen LogP contribution in [0.2, 0.25) is 0 Å². The number of aliphatic hydroxyl groups excluding tert-OH is 2. The number of piperidine rings is 1. The third-order valence-corrected chi connectivity index (χ3v) is 5.70. The Hall–Kier alpha value is -1.92. The van der Waals surface area contributed by atoms with Gasteiger partial charge in [0.2, 0.25) is 5.91 Å². The fourth-order valence-electron chi connectivity index (χ4n) is 4.18. The molecule has 1 aromatic heterocycles. The smallest absolute Gasteiger partial charge is 0.224 e. The number of carbonyl (C=O) groups excluding carboxylic acids is 1. The molecule has 0 unspecified atom stereocenters. The molecule has 2 atom stereocenters. The van der Waals surface area contributed by atoms with Gasteiger partial charge in [0, 0.05) is 31.5 Å². The molecule has 6 heteroatoms. The first-order chi connectivity index (χ1) is 12.5. The number of fused-ring (bicyclic) bond motifs is 1. The average molecular weight is 359 g/mol. The molecule has 2 heterocycles. The monoisotopic (exact) mass is 359 g/mol. The maximum Gasteiger partial charge on any atom is 0.224 e. The van der Waals surface area contributed by atoms with Gasteiger partial charge in [0.25, 0.3) is 0 Å². The van der Waals surface area contributed by atoms with Crippen molar-refractivity contribution in [2.45, 2.75) is 52.2 Å². The number of amides is 1. The van der Waals surface area contributed by atoms with Crippen molar-refractivity contribution in [1.82, 2.24) is 14.5 Å². The van der Waals surface area contributed by atoms with E-state index in [-0.39, 0.29) is 12.5 Å². The Morgan fingerprint density at radius 3 is 2.88 bits per heavy atom. The molecule has 1 aliphatic rings. The molecule has 142 valence electrons. The van der Waals surface area contributed by atoms with Crippen molar-refractivity contribution in [1.29, 1.82) is 0 Å². The van der Waals surface area contributed by atoms with Gasteiger partial charge in [0.05, 0.1) is 23.7 Å². The highest BCUT2D eigenvalue weighted by molar-refractivity contribution is 5.78. The van der Waals surface area contributed by atoms with Crippen molar-refractivity contribution in [2.75, 3.05) is 19.7 Å². The van der Waals surface area contributed by atoms with Crippen molar-refractivity contribution in [3.63, 3.8) is 0 Å². The maximum atomic E-state index is 12.8. The number of benzene rings is 1. The predicted molar refractivity (Wildman–Crippen MR) is 101 cm³/mol. The summed E-state index contributed by atoms with van der Waals surface area (Å²) < 4.78 is 2.08. The van der Waals surface area contributed by atoms with Gasteiger partial charge in [0.15, 0.2) is 0 Å². The number of hydrogen-bond donors (Lipinski definition) is 2. The van der Waals surface area contributed by atoms with E-state index in [9.17, 15) is 15.0 Å². The number of aryl methyl sites for hydroxylation is 2. The van der Waals surface area contributed by atoms with Gasteiger partial charge in [-0.3, -0.25) is 4.79 Å². The van der Waals surface area contributed by atoms with Crippen molar-refractivity contribution < 1.29 is 15.0 Å². The second-order valence-corrected chi connectivity index (χ2v) is 7.44. The number of aromatic nitrogens is 2. The van der Waals surface area contributed by atoms with Crippen LogP contribution in [0.5, 0.6) is 0 Å². The molecule has 0 saturated carbocycles. The van der Waals surface area contributed by atoms with E-state index in [4.69, 9.17) is 0 Å². The molecule has 2 N–H and O–H groups in total. The van der Waals surface area contributed by atoms with Gasteiger partial charge >= 0.3 is 0 Å². The number of rotatable bonds is 6. The zero-order valence-corrected chi connectivity index (χ0v) is 15.7. The summed E-state index contributed by atoms with van der Waals surface area (Å²) in [5.74, 6) is 0.978. The Kier molecular flexibility index (Phi) is 5.63. The fraction of sp³-hybridized carbons (Fsp3) is 0.600. The molecule has 3 rings (SSSR count). The van der Waals surface area contributed by atoms with Crippen LogP contribution in [0.1, 0.15) is 38.4 Å². The number of hydrogen-bond acceptors (Lipinski definition) is 4. The molecular weight excluding hydrogens is 330 g/mol. The summed E-state index contributed by atoms with van der Waals surface area (Å²) in [5.41, 5.74) is 1.41. The molecule has 1 aromatic carbocycles. The minimum absolute atomic E-state index is 0.0722. The van der Waals surface area contributed by atoms with E-state index in [2.05, 4.69) is 9.55 Å². The first kappa shape index (κ1) is 18.9. The zero-order chi connectivity index (χ0) is 18.7. The molecule has 1 saturated heterocycles. The Labute approximate surface area is 154 Å². The molecule has 1 amide bonds. The van der Waals surface area contributed by atoms with Gasteiger partial charge in [-0.05, 0) is 31.9 Å². The van der Waals surface area contributed by atoms with Crippen molar-refractivity contribution in [3.05, 3.63) is 30.1 Å². The van der Waals surface area contributed by atoms with Crippen LogP contribution in [0, 0.1) is 12.3 Å². The molecular formula is C20H29N3O3. The number of para-hydroxylation sites is 2. The van der Waals surface area contributed by atoms with Crippen LogP contribution in [0.15, 0.2) is 24.3 Å². The van der Waals surface area contributed by atoms with Crippen LogP contribution < -0.4 is 0 Å². The van der Waals surface area contributed by atoms with E-state index in [1.807, 2.05) is 43.0 Å². The standard InChI is InChI=1S/C20H29N3O3/c1-3-10-20(14-24)13-22(11-8-18(20)25)19(26)9-12-23-15(2)21-16-6-4-5-7-17(16)23/h4-7,18,24-25H,3,8-14H2,1-2H3/t18-,20+/m1/s1. The molecule has 0 bridgehead atoms. The lowest BCUT2D eigenvalue weighted by Crippen LogP contribution is -2.55. The first-order valence-corrected chi connectivity index (χ1v) is 9.49. The second-order valence-electron chi connectivity index (χ2n) is 7.44. The minimum Gasteiger partial charge on any atom is -0.396 e. The molecule has 0 aliphatic carbocycles. The Balaban J connectivity index is 1.69. The molecule has 6 nitrogen and oxygen atoms in total. The lowest BCUT2D eigenvalue weighted by molar-refractivity contribution is -0.142. The predicted octanol–water partition coefficient (Wildman–Crippen LogP) is 2.11. The summed E-state index contributed by atoms with van der Waals surface area (Å²) in [7, 11) is 0. The van der Waals surface area contributed by atoms with Crippen LogP contribution in [0.3, 0.4) is 0 Å². The van der Waals surface area contributed by atoms with Gasteiger partial charge < -0.3 is 19.7 Å². The van der Waals surface area contributed by atoms with E-state index in [0.717, 1.165) is 29.7 Å². The van der Waals surface area contributed by atoms with E-state index in [1.54, 1.807) is 0 Å². The maximum absolute atomic E-state index is 12.8. The van der Waals surface area contributed by atoms with Gasteiger partial charge in [-0.2, -0.15) is 0 Å². The van der Waals surface area contributed by atoms with Crippen LogP contribution in [0.25, 0.3) is 11.0 Å². The Morgan fingerprint density at radius 1 is 1.38 bits per heavy atom.